The highest BCUT2D eigenvalue weighted by Crippen LogP contribution is 2.25. The maximum Gasteiger partial charge on any atom is 0.251 e. The molecule has 0 aromatic heterocycles. The summed E-state index contributed by atoms with van der Waals surface area (Å²) in [5.74, 6) is -0.215. The molecule has 1 heterocycles. The molecule has 1 atom stereocenters. The van der Waals surface area contributed by atoms with Crippen molar-refractivity contribution in [1.82, 2.24) is 9.62 Å². The number of carbonyl (C=O) groups is 2. The van der Waals surface area contributed by atoms with E-state index in [1.807, 2.05) is 31.2 Å². The molecule has 7 nitrogen and oxygen atoms in total. The van der Waals surface area contributed by atoms with Gasteiger partial charge in [0.05, 0.1) is 4.90 Å². The van der Waals surface area contributed by atoms with Crippen LogP contribution in [0.1, 0.15) is 22.3 Å². The van der Waals surface area contributed by atoms with Gasteiger partial charge in [0.25, 0.3) is 5.91 Å². The standard InChI is InChI=1S/C21H25N3O4S/c1-15-4-8-18(9-5-15)24-14-16(12-20(24)25)13-22-21(26)17-6-10-19(11-7-17)29(27,28)23(2)3/h4-11,16H,12-14H2,1-3H3,(H,22,26). The molecule has 2 aromatic rings. The molecule has 1 aliphatic rings. The number of nitrogens with zero attached hydrogens (tertiary/aromatic N) is 2. The quantitative estimate of drug-likeness (QED) is 0.782. The minimum absolute atomic E-state index is 0.0288. The molecule has 0 aliphatic carbocycles. The predicted octanol–water partition coefficient (Wildman–Crippen LogP) is 2.03. The second-order valence-corrected chi connectivity index (χ2v) is 9.58. The number of carbonyl (C=O) groups excluding carboxylic acids is 2. The zero-order valence-corrected chi connectivity index (χ0v) is 17.6. The molecule has 154 valence electrons. The van der Waals surface area contributed by atoms with E-state index in [4.69, 9.17) is 0 Å². The van der Waals surface area contributed by atoms with Gasteiger partial charge in [-0.3, -0.25) is 9.59 Å². The van der Waals surface area contributed by atoms with Crippen LogP contribution in [-0.2, 0) is 14.8 Å². The van der Waals surface area contributed by atoms with Crippen molar-refractivity contribution in [2.24, 2.45) is 5.92 Å². The van der Waals surface area contributed by atoms with Crippen LogP contribution in [0.15, 0.2) is 53.4 Å². The Balaban J connectivity index is 1.58. The van der Waals surface area contributed by atoms with E-state index in [-0.39, 0.29) is 22.6 Å². The summed E-state index contributed by atoms with van der Waals surface area (Å²) < 4.78 is 25.3. The lowest BCUT2D eigenvalue weighted by molar-refractivity contribution is -0.117. The van der Waals surface area contributed by atoms with E-state index in [0.29, 0.717) is 25.1 Å². The smallest absolute Gasteiger partial charge is 0.251 e. The number of anilines is 1. The summed E-state index contributed by atoms with van der Waals surface area (Å²) in [6.45, 7) is 2.93. The Bertz CT molecular complexity index is 999. The van der Waals surface area contributed by atoms with Crippen molar-refractivity contribution in [2.75, 3.05) is 32.1 Å². The number of rotatable bonds is 6. The van der Waals surface area contributed by atoms with E-state index in [9.17, 15) is 18.0 Å². The maximum atomic E-state index is 12.4. The van der Waals surface area contributed by atoms with Crippen molar-refractivity contribution >= 4 is 27.5 Å². The SMILES string of the molecule is Cc1ccc(N2CC(CNC(=O)c3ccc(S(=O)(=O)N(C)C)cc3)CC2=O)cc1. The number of hydrogen-bond acceptors (Lipinski definition) is 4. The van der Waals surface area contributed by atoms with Gasteiger partial charge in [-0.15, -0.1) is 0 Å². The van der Waals surface area contributed by atoms with E-state index in [2.05, 4.69) is 5.32 Å². The fourth-order valence-corrected chi connectivity index (χ4v) is 4.12. The highest BCUT2D eigenvalue weighted by molar-refractivity contribution is 7.89. The van der Waals surface area contributed by atoms with Crippen LogP contribution in [-0.4, -0.2) is 51.7 Å². The molecule has 0 saturated carbocycles. The first-order valence-corrected chi connectivity index (χ1v) is 10.8. The third-order valence-corrected chi connectivity index (χ3v) is 6.83. The molecular weight excluding hydrogens is 390 g/mol. The van der Waals surface area contributed by atoms with Gasteiger partial charge in [-0.05, 0) is 43.3 Å². The summed E-state index contributed by atoms with van der Waals surface area (Å²) in [4.78, 5) is 26.6. The summed E-state index contributed by atoms with van der Waals surface area (Å²) in [5.41, 5.74) is 2.38. The molecule has 3 rings (SSSR count). The Morgan fingerprint density at radius 3 is 2.31 bits per heavy atom. The topological polar surface area (TPSA) is 86.8 Å². The van der Waals surface area contributed by atoms with Crippen LogP contribution in [0.2, 0.25) is 0 Å². The Morgan fingerprint density at radius 1 is 1.10 bits per heavy atom. The summed E-state index contributed by atoms with van der Waals surface area (Å²) in [6.07, 6.45) is 0.383. The zero-order valence-electron chi connectivity index (χ0n) is 16.8. The Morgan fingerprint density at radius 2 is 1.72 bits per heavy atom. The summed E-state index contributed by atoms with van der Waals surface area (Å²) in [5, 5.41) is 2.85. The normalized spacial score (nSPS) is 17.0. The molecule has 1 aliphatic heterocycles. The second kappa shape index (κ2) is 8.34. The van der Waals surface area contributed by atoms with Gasteiger partial charge in [0.15, 0.2) is 0 Å². The molecule has 1 unspecified atom stereocenters. The van der Waals surface area contributed by atoms with Gasteiger partial charge in [-0.25, -0.2) is 12.7 Å². The predicted molar refractivity (Wildman–Crippen MR) is 111 cm³/mol. The van der Waals surface area contributed by atoms with Crippen LogP contribution < -0.4 is 10.2 Å². The van der Waals surface area contributed by atoms with Crippen LogP contribution >= 0.6 is 0 Å². The first-order valence-electron chi connectivity index (χ1n) is 9.36. The zero-order chi connectivity index (χ0) is 21.2. The second-order valence-electron chi connectivity index (χ2n) is 7.43. The van der Waals surface area contributed by atoms with Crippen molar-refractivity contribution in [1.29, 1.82) is 0 Å². The molecule has 0 spiro atoms. The van der Waals surface area contributed by atoms with Gasteiger partial charge in [-0.2, -0.15) is 0 Å². The minimum Gasteiger partial charge on any atom is -0.352 e. The van der Waals surface area contributed by atoms with E-state index >= 15 is 0 Å². The molecule has 2 aromatic carbocycles. The minimum atomic E-state index is -3.53. The molecule has 8 heteroatoms. The van der Waals surface area contributed by atoms with Crippen LogP contribution in [0.5, 0.6) is 0 Å². The van der Waals surface area contributed by atoms with Crippen LogP contribution in [0.25, 0.3) is 0 Å². The van der Waals surface area contributed by atoms with Crippen molar-refractivity contribution in [3.05, 3.63) is 59.7 Å². The van der Waals surface area contributed by atoms with Crippen LogP contribution in [0.4, 0.5) is 5.69 Å². The average Bonchev–Trinajstić information content (AvgIpc) is 3.07. The van der Waals surface area contributed by atoms with Gasteiger partial charge < -0.3 is 10.2 Å². The van der Waals surface area contributed by atoms with Gasteiger partial charge in [-0.1, -0.05) is 17.7 Å². The highest BCUT2D eigenvalue weighted by atomic mass is 32.2. The van der Waals surface area contributed by atoms with Crippen LogP contribution in [0, 0.1) is 12.8 Å². The van der Waals surface area contributed by atoms with Gasteiger partial charge in [0.1, 0.15) is 0 Å². The molecule has 0 radical (unpaired) electrons. The number of sulfonamides is 1. The van der Waals surface area contributed by atoms with E-state index < -0.39 is 10.0 Å². The fourth-order valence-electron chi connectivity index (χ4n) is 3.22. The van der Waals surface area contributed by atoms with Crippen LogP contribution in [0.3, 0.4) is 0 Å². The molecular formula is C21H25N3O4S. The van der Waals surface area contributed by atoms with Crippen molar-refractivity contribution in [3.63, 3.8) is 0 Å². The van der Waals surface area contributed by atoms with E-state index in [0.717, 1.165) is 15.6 Å². The fraction of sp³-hybridized carbons (Fsp3) is 0.333. The first-order chi connectivity index (χ1) is 13.7. The summed E-state index contributed by atoms with van der Waals surface area (Å²) in [6, 6.07) is 13.6. The number of benzene rings is 2. The largest absolute Gasteiger partial charge is 0.352 e. The number of nitrogens with one attached hydrogen (secondary N) is 1. The summed E-state index contributed by atoms with van der Waals surface area (Å²) >= 11 is 0. The summed E-state index contributed by atoms with van der Waals surface area (Å²) in [7, 11) is -0.613. The Hall–Kier alpha value is -2.71. The van der Waals surface area contributed by atoms with Gasteiger partial charge in [0.2, 0.25) is 15.9 Å². The average molecular weight is 416 g/mol. The molecule has 2 amide bonds. The third kappa shape index (κ3) is 4.65. The Kier molecular flexibility index (Phi) is 6.04. The lowest BCUT2D eigenvalue weighted by Gasteiger charge is -2.17. The molecule has 0 bridgehead atoms. The lowest BCUT2D eigenvalue weighted by Crippen LogP contribution is -2.31. The van der Waals surface area contributed by atoms with Gasteiger partial charge >= 0.3 is 0 Å². The third-order valence-electron chi connectivity index (χ3n) is 5.00. The molecule has 1 saturated heterocycles. The van der Waals surface area contributed by atoms with E-state index in [1.165, 1.54) is 38.4 Å². The molecule has 1 fully saturated rings. The Labute approximate surface area is 171 Å². The lowest BCUT2D eigenvalue weighted by atomic mass is 10.1. The molecule has 29 heavy (non-hydrogen) atoms. The van der Waals surface area contributed by atoms with E-state index in [1.54, 1.807) is 4.90 Å². The maximum absolute atomic E-state index is 12.4. The monoisotopic (exact) mass is 415 g/mol. The van der Waals surface area contributed by atoms with Crippen molar-refractivity contribution in [2.45, 2.75) is 18.2 Å². The number of aryl methyl sites for hydroxylation is 1. The number of hydrogen-bond donors (Lipinski definition) is 1. The highest BCUT2D eigenvalue weighted by Gasteiger charge is 2.30. The molecule has 1 N–H and O–H groups in total. The van der Waals surface area contributed by atoms with Crippen molar-refractivity contribution < 1.29 is 18.0 Å². The van der Waals surface area contributed by atoms with Crippen molar-refractivity contribution in [3.8, 4) is 0 Å². The first kappa shape index (κ1) is 21.0. The van der Waals surface area contributed by atoms with Gasteiger partial charge in [0, 0.05) is 50.8 Å². The number of amides is 2.